The summed E-state index contributed by atoms with van der Waals surface area (Å²) in [4.78, 5) is 0. The van der Waals surface area contributed by atoms with Gasteiger partial charge in [-0.2, -0.15) is 0 Å². The molecule has 0 saturated carbocycles. The van der Waals surface area contributed by atoms with Gasteiger partial charge in [0.25, 0.3) is 0 Å². The molecule has 0 N–H and O–H groups in total. The van der Waals surface area contributed by atoms with Gasteiger partial charge in [0.2, 0.25) is 0 Å². The second-order valence-corrected chi connectivity index (χ2v) is 3.83. The van der Waals surface area contributed by atoms with Gasteiger partial charge in [0.15, 0.2) is 0 Å². The first-order valence-corrected chi connectivity index (χ1v) is 5.94. The predicted molar refractivity (Wildman–Crippen MR) is 78.1 cm³/mol. The summed E-state index contributed by atoms with van der Waals surface area (Å²) in [6.45, 7) is 9.96. The molecule has 1 heterocycles. The molecule has 0 aliphatic heterocycles. The standard InChI is InChI=1S/C16H21N/c1-6-10-12-16-14(9-4)13(8-3)15(11-7-2)17(16)5/h6-12H,2H2,1,3-5H3/b10-6-,13-8-,14-9-,15-11+,16-12+. The lowest BCUT2D eigenvalue weighted by Crippen LogP contribution is -2.36. The fourth-order valence-electron chi connectivity index (χ4n) is 2.08. The van der Waals surface area contributed by atoms with Crippen molar-refractivity contribution in [2.45, 2.75) is 20.8 Å². The molecule has 0 atom stereocenters. The van der Waals surface area contributed by atoms with Crippen LogP contribution in [0.3, 0.4) is 0 Å². The molecule has 0 bridgehead atoms. The third-order valence-electron chi connectivity index (χ3n) is 2.86. The summed E-state index contributed by atoms with van der Waals surface area (Å²) in [5, 5.41) is 4.98. The SMILES string of the molecule is C=C\C=c1c(=C\C)/c(=C/C)c(=C\C=C/C)/n/1C. The number of hydrogen-bond donors (Lipinski definition) is 0. The highest BCUT2D eigenvalue weighted by Crippen LogP contribution is 1.71. The van der Waals surface area contributed by atoms with Crippen LogP contribution in [0.4, 0.5) is 0 Å². The van der Waals surface area contributed by atoms with Gasteiger partial charge in [-0.1, -0.05) is 37.0 Å². The highest BCUT2D eigenvalue weighted by Gasteiger charge is 1.97. The van der Waals surface area contributed by atoms with Crippen LogP contribution in [0.1, 0.15) is 20.8 Å². The van der Waals surface area contributed by atoms with Crippen molar-refractivity contribution in [3.8, 4) is 0 Å². The van der Waals surface area contributed by atoms with Crippen molar-refractivity contribution in [1.29, 1.82) is 0 Å². The Morgan fingerprint density at radius 1 is 0.941 bits per heavy atom. The Kier molecular flexibility index (Phi) is 4.77. The molecule has 1 aromatic rings. The molecule has 0 fully saturated rings. The monoisotopic (exact) mass is 227 g/mol. The van der Waals surface area contributed by atoms with E-state index in [4.69, 9.17) is 0 Å². The van der Waals surface area contributed by atoms with Crippen LogP contribution in [0.2, 0.25) is 0 Å². The number of aromatic nitrogens is 1. The highest BCUT2D eigenvalue weighted by atomic mass is 14.9. The second-order valence-electron chi connectivity index (χ2n) is 3.83. The van der Waals surface area contributed by atoms with Crippen molar-refractivity contribution in [2.75, 3.05) is 0 Å². The third kappa shape index (κ3) is 2.50. The average molecular weight is 227 g/mol. The first-order valence-electron chi connectivity index (χ1n) is 5.94. The van der Waals surface area contributed by atoms with Crippen molar-refractivity contribution in [1.82, 2.24) is 4.57 Å². The molecular formula is C16H21N. The summed E-state index contributed by atoms with van der Waals surface area (Å²) in [5.41, 5.74) is 0. The Labute approximate surface area is 103 Å². The van der Waals surface area contributed by atoms with Gasteiger partial charge in [-0.25, -0.2) is 0 Å². The molecule has 1 nitrogen and oxygen atoms in total. The van der Waals surface area contributed by atoms with Crippen molar-refractivity contribution in [3.05, 3.63) is 45.9 Å². The minimum Gasteiger partial charge on any atom is -0.344 e. The average Bonchev–Trinajstić information content (AvgIpc) is 2.60. The summed E-state index contributed by atoms with van der Waals surface area (Å²) < 4.78 is 2.20. The Balaban J connectivity index is 4.03. The highest BCUT2D eigenvalue weighted by molar-refractivity contribution is 5.43. The van der Waals surface area contributed by atoms with E-state index in [-0.39, 0.29) is 0 Å². The summed E-state index contributed by atoms with van der Waals surface area (Å²) in [5.74, 6) is 0. The number of nitrogens with zero attached hydrogens (tertiary/aromatic N) is 1. The van der Waals surface area contributed by atoms with Gasteiger partial charge < -0.3 is 4.57 Å². The smallest absolute Gasteiger partial charge is 0.0485 e. The first-order chi connectivity index (χ1) is 8.21. The molecule has 0 aliphatic carbocycles. The van der Waals surface area contributed by atoms with Crippen LogP contribution in [0, 0.1) is 0 Å². The fourth-order valence-corrected chi connectivity index (χ4v) is 2.08. The van der Waals surface area contributed by atoms with Crippen molar-refractivity contribution in [3.63, 3.8) is 0 Å². The van der Waals surface area contributed by atoms with Gasteiger partial charge in [-0.3, -0.25) is 0 Å². The number of rotatable bonds is 2. The molecule has 1 rings (SSSR count). The van der Waals surface area contributed by atoms with E-state index in [1.807, 2.05) is 19.1 Å². The maximum absolute atomic E-state index is 3.78. The Morgan fingerprint density at radius 3 is 1.88 bits per heavy atom. The van der Waals surface area contributed by atoms with Gasteiger partial charge in [-0.15, -0.1) is 0 Å². The molecule has 1 heteroatoms. The first kappa shape index (κ1) is 13.3. The van der Waals surface area contributed by atoms with Crippen molar-refractivity contribution < 1.29 is 0 Å². The molecule has 90 valence electrons. The predicted octanol–water partition coefficient (Wildman–Crippen LogP) is 0.949. The molecule has 0 radical (unpaired) electrons. The zero-order valence-electron chi connectivity index (χ0n) is 11.2. The zero-order chi connectivity index (χ0) is 12.8. The molecule has 0 saturated heterocycles. The Bertz CT molecular complexity index is 652. The maximum Gasteiger partial charge on any atom is 0.0485 e. The normalized spacial score (nSPS) is 16.5. The van der Waals surface area contributed by atoms with E-state index < -0.39 is 0 Å². The summed E-state index contributed by atoms with van der Waals surface area (Å²) in [7, 11) is 2.09. The van der Waals surface area contributed by atoms with Crippen LogP contribution in [0.15, 0.2) is 24.8 Å². The van der Waals surface area contributed by atoms with Gasteiger partial charge in [0, 0.05) is 28.2 Å². The molecule has 0 unspecified atom stereocenters. The van der Waals surface area contributed by atoms with Gasteiger partial charge >= 0.3 is 0 Å². The van der Waals surface area contributed by atoms with E-state index in [1.165, 1.54) is 21.1 Å². The van der Waals surface area contributed by atoms with Gasteiger partial charge in [0.05, 0.1) is 0 Å². The largest absolute Gasteiger partial charge is 0.344 e. The topological polar surface area (TPSA) is 4.93 Å². The molecular weight excluding hydrogens is 206 g/mol. The van der Waals surface area contributed by atoms with Crippen LogP contribution in [-0.4, -0.2) is 4.57 Å². The fraction of sp³-hybridized carbons (Fsp3) is 0.250. The maximum atomic E-state index is 3.78. The minimum absolute atomic E-state index is 1.20. The van der Waals surface area contributed by atoms with Crippen LogP contribution >= 0.6 is 0 Å². The van der Waals surface area contributed by atoms with E-state index in [0.29, 0.717) is 0 Å². The van der Waals surface area contributed by atoms with Crippen LogP contribution in [-0.2, 0) is 7.05 Å². The lowest BCUT2D eigenvalue weighted by molar-refractivity contribution is 0.855. The lowest BCUT2D eigenvalue weighted by Gasteiger charge is -1.91. The van der Waals surface area contributed by atoms with Crippen LogP contribution in [0.5, 0.6) is 0 Å². The van der Waals surface area contributed by atoms with E-state index in [0.717, 1.165) is 0 Å². The zero-order valence-corrected chi connectivity index (χ0v) is 11.2. The second kappa shape index (κ2) is 6.09. The Hall–Kier alpha value is -1.76. The summed E-state index contributed by atoms with van der Waals surface area (Å²) in [6, 6.07) is 0. The van der Waals surface area contributed by atoms with Crippen molar-refractivity contribution >= 4 is 24.3 Å². The lowest BCUT2D eigenvalue weighted by atomic mass is 10.3. The van der Waals surface area contributed by atoms with Gasteiger partial charge in [0.1, 0.15) is 0 Å². The van der Waals surface area contributed by atoms with E-state index in [9.17, 15) is 0 Å². The molecule has 1 aromatic heterocycles. The molecule has 0 aliphatic rings. The van der Waals surface area contributed by atoms with E-state index in [2.05, 4.69) is 62.4 Å². The summed E-state index contributed by atoms with van der Waals surface area (Å²) >= 11 is 0. The molecule has 17 heavy (non-hydrogen) atoms. The molecule has 0 aromatic carbocycles. The quantitative estimate of drug-likeness (QED) is 0.709. The van der Waals surface area contributed by atoms with Crippen LogP contribution < -0.4 is 21.1 Å². The van der Waals surface area contributed by atoms with E-state index in [1.54, 1.807) is 0 Å². The number of hydrogen-bond acceptors (Lipinski definition) is 0. The summed E-state index contributed by atoms with van der Waals surface area (Å²) in [6.07, 6.45) is 14.4. The van der Waals surface area contributed by atoms with Crippen LogP contribution in [0.25, 0.3) is 24.3 Å². The van der Waals surface area contributed by atoms with Gasteiger partial charge in [-0.05, 0) is 32.9 Å². The number of allylic oxidation sites excluding steroid dienone is 3. The Morgan fingerprint density at radius 2 is 1.47 bits per heavy atom. The van der Waals surface area contributed by atoms with Crippen molar-refractivity contribution in [2.24, 2.45) is 7.05 Å². The molecule has 0 spiro atoms. The third-order valence-corrected chi connectivity index (χ3v) is 2.86. The minimum atomic E-state index is 1.20. The molecule has 0 amide bonds. The van der Waals surface area contributed by atoms with E-state index >= 15 is 0 Å².